The van der Waals surface area contributed by atoms with Crippen LogP contribution in [0.15, 0.2) is 24.3 Å². The summed E-state index contributed by atoms with van der Waals surface area (Å²) < 4.78 is 59.2. The van der Waals surface area contributed by atoms with E-state index in [-0.39, 0.29) is 50.0 Å². The summed E-state index contributed by atoms with van der Waals surface area (Å²) in [4.78, 5) is 26.2. The third-order valence-corrected chi connectivity index (χ3v) is 5.42. The molecule has 4 rings (SSSR count). The second kappa shape index (κ2) is 8.29. The average molecular weight is 440 g/mol. The number of hydrogen-bond donors (Lipinski definition) is 1. The molecular weight excluding hydrogens is 420 g/mol. The molecule has 1 atom stereocenters. The zero-order valence-corrected chi connectivity index (χ0v) is 16.4. The Morgan fingerprint density at radius 1 is 1.26 bits per heavy atom. The van der Waals surface area contributed by atoms with E-state index in [2.05, 4.69) is 10.4 Å². The van der Waals surface area contributed by atoms with E-state index in [0.29, 0.717) is 24.4 Å². The van der Waals surface area contributed by atoms with Crippen molar-refractivity contribution in [3.05, 3.63) is 47.0 Å². The number of alkyl halides is 3. The molecule has 2 amide bonds. The Hall–Kier alpha value is -2.95. The fourth-order valence-corrected chi connectivity index (χ4v) is 3.90. The molecule has 0 bridgehead atoms. The molecular formula is C20H20F4N4O3. The predicted octanol–water partition coefficient (Wildman–Crippen LogP) is 2.28. The van der Waals surface area contributed by atoms with Crippen LogP contribution in [0.3, 0.4) is 0 Å². The van der Waals surface area contributed by atoms with Gasteiger partial charge >= 0.3 is 6.18 Å². The van der Waals surface area contributed by atoms with Gasteiger partial charge in [0.15, 0.2) is 5.69 Å². The molecule has 11 heteroatoms. The lowest BCUT2D eigenvalue weighted by Crippen LogP contribution is -2.35. The molecule has 3 heterocycles. The molecule has 1 unspecified atom stereocenters. The molecule has 1 N–H and O–H groups in total. The zero-order valence-electron chi connectivity index (χ0n) is 16.4. The molecule has 0 radical (unpaired) electrons. The van der Waals surface area contributed by atoms with Crippen LogP contribution in [-0.4, -0.2) is 41.3 Å². The molecule has 2 aromatic rings. The summed E-state index contributed by atoms with van der Waals surface area (Å²) in [7, 11) is 0. The fourth-order valence-electron chi connectivity index (χ4n) is 3.90. The van der Waals surface area contributed by atoms with E-state index in [4.69, 9.17) is 4.74 Å². The summed E-state index contributed by atoms with van der Waals surface area (Å²) in [6.45, 7) is 0.480. The van der Waals surface area contributed by atoms with Gasteiger partial charge in [-0.15, -0.1) is 0 Å². The van der Waals surface area contributed by atoms with Crippen LogP contribution in [0.4, 0.5) is 23.2 Å². The van der Waals surface area contributed by atoms with Gasteiger partial charge in [0.25, 0.3) is 0 Å². The summed E-state index contributed by atoms with van der Waals surface area (Å²) in [6.07, 6.45) is -4.25. The van der Waals surface area contributed by atoms with Gasteiger partial charge in [-0.25, -0.2) is 4.39 Å². The Labute approximate surface area is 175 Å². The van der Waals surface area contributed by atoms with Crippen molar-refractivity contribution < 1.29 is 31.9 Å². The van der Waals surface area contributed by atoms with E-state index in [1.807, 2.05) is 0 Å². The third kappa shape index (κ3) is 4.41. The quantitative estimate of drug-likeness (QED) is 0.724. The number of benzene rings is 1. The first-order valence-corrected chi connectivity index (χ1v) is 9.81. The number of nitrogens with zero attached hydrogens (tertiary/aromatic N) is 3. The van der Waals surface area contributed by atoms with E-state index in [1.54, 1.807) is 0 Å². The highest BCUT2D eigenvalue weighted by molar-refractivity contribution is 6.00. The molecule has 2 aliphatic rings. The first-order chi connectivity index (χ1) is 14.7. The number of ether oxygens (including phenoxy) is 1. The number of nitrogens with one attached hydrogen (secondary N) is 1. The third-order valence-electron chi connectivity index (χ3n) is 5.42. The minimum absolute atomic E-state index is 0.00986. The Balaban J connectivity index is 1.36. The molecule has 166 valence electrons. The lowest BCUT2D eigenvalue weighted by molar-refractivity contribution is -0.142. The largest absolute Gasteiger partial charge is 0.435 e. The minimum Gasteiger partial charge on any atom is -0.376 e. The Kier molecular flexibility index (Phi) is 5.69. The number of rotatable bonds is 5. The van der Waals surface area contributed by atoms with Crippen LogP contribution in [0, 0.1) is 11.7 Å². The van der Waals surface area contributed by atoms with Crippen molar-refractivity contribution in [2.75, 3.05) is 24.6 Å². The summed E-state index contributed by atoms with van der Waals surface area (Å²) >= 11 is 0. The maximum absolute atomic E-state index is 13.2. The van der Waals surface area contributed by atoms with Crippen LogP contribution in [0.2, 0.25) is 0 Å². The molecule has 0 saturated carbocycles. The topological polar surface area (TPSA) is 76.5 Å². The van der Waals surface area contributed by atoms with Crippen molar-refractivity contribution in [3.63, 3.8) is 0 Å². The Bertz CT molecular complexity index is 988. The smallest absolute Gasteiger partial charge is 0.376 e. The van der Waals surface area contributed by atoms with Gasteiger partial charge in [0.2, 0.25) is 11.8 Å². The number of halogens is 4. The lowest BCUT2D eigenvalue weighted by atomic mass is 10.1. The van der Waals surface area contributed by atoms with Crippen molar-refractivity contribution >= 4 is 17.5 Å². The highest BCUT2D eigenvalue weighted by Gasteiger charge is 2.40. The van der Waals surface area contributed by atoms with Crippen LogP contribution < -0.4 is 10.2 Å². The minimum atomic E-state index is -4.58. The van der Waals surface area contributed by atoms with Crippen molar-refractivity contribution in [2.45, 2.75) is 32.2 Å². The van der Waals surface area contributed by atoms with E-state index in [0.717, 1.165) is 0 Å². The van der Waals surface area contributed by atoms with Gasteiger partial charge in [-0.1, -0.05) is 0 Å². The Morgan fingerprint density at radius 3 is 2.71 bits per heavy atom. The second-order valence-electron chi connectivity index (χ2n) is 7.47. The number of hydrogen-bond acceptors (Lipinski definition) is 4. The fraction of sp³-hybridized carbons (Fsp3) is 0.450. The SMILES string of the molecule is O=C(NCCn1nc(C(F)(F)F)c2c1CCOC2)C1CC(=O)N(c2ccc(F)cc2)C1. The van der Waals surface area contributed by atoms with Crippen molar-refractivity contribution in [1.82, 2.24) is 15.1 Å². The molecule has 1 saturated heterocycles. The van der Waals surface area contributed by atoms with Gasteiger partial charge < -0.3 is 15.0 Å². The van der Waals surface area contributed by atoms with Crippen LogP contribution in [0.1, 0.15) is 23.4 Å². The zero-order chi connectivity index (χ0) is 22.2. The molecule has 1 aromatic carbocycles. The summed E-state index contributed by atoms with van der Waals surface area (Å²) in [6, 6.07) is 5.41. The van der Waals surface area contributed by atoms with Gasteiger partial charge in [-0.05, 0) is 24.3 Å². The Morgan fingerprint density at radius 2 is 2.00 bits per heavy atom. The van der Waals surface area contributed by atoms with E-state index >= 15 is 0 Å². The van der Waals surface area contributed by atoms with Gasteiger partial charge in [-0.3, -0.25) is 14.3 Å². The van der Waals surface area contributed by atoms with E-state index < -0.39 is 23.6 Å². The number of carbonyl (C=O) groups excluding carboxylic acids is 2. The van der Waals surface area contributed by atoms with Crippen molar-refractivity contribution in [1.29, 1.82) is 0 Å². The summed E-state index contributed by atoms with van der Waals surface area (Å²) in [5.74, 6) is -1.63. The first-order valence-electron chi connectivity index (χ1n) is 9.81. The number of anilines is 1. The summed E-state index contributed by atoms with van der Waals surface area (Å²) in [5.41, 5.74) is 0.0596. The normalized spacial score (nSPS) is 18.9. The molecule has 1 fully saturated rings. The standard InChI is InChI=1S/C20H20F4N4O3/c21-13-1-3-14(4-2-13)27-10-12(9-17(27)29)19(30)25-6-7-28-16-5-8-31-11-15(16)18(26-28)20(22,23)24/h1-4,12H,5-11H2,(H,25,30). The molecule has 0 spiro atoms. The molecule has 1 aromatic heterocycles. The lowest BCUT2D eigenvalue weighted by Gasteiger charge is -2.17. The second-order valence-corrected chi connectivity index (χ2v) is 7.47. The highest BCUT2D eigenvalue weighted by Crippen LogP contribution is 2.34. The monoisotopic (exact) mass is 440 g/mol. The van der Waals surface area contributed by atoms with Crippen molar-refractivity contribution in [3.8, 4) is 0 Å². The van der Waals surface area contributed by atoms with Gasteiger partial charge in [0.1, 0.15) is 5.82 Å². The highest BCUT2D eigenvalue weighted by atomic mass is 19.4. The van der Waals surface area contributed by atoms with E-state index in [9.17, 15) is 27.2 Å². The average Bonchev–Trinajstić information content (AvgIpc) is 3.30. The van der Waals surface area contributed by atoms with Crippen LogP contribution in [-0.2, 0) is 40.1 Å². The maximum Gasteiger partial charge on any atom is 0.435 e. The van der Waals surface area contributed by atoms with E-state index in [1.165, 1.54) is 33.8 Å². The number of fused-ring (bicyclic) bond motifs is 1. The predicted molar refractivity (Wildman–Crippen MR) is 100 cm³/mol. The van der Waals surface area contributed by atoms with Crippen LogP contribution >= 0.6 is 0 Å². The molecule has 0 aliphatic carbocycles. The van der Waals surface area contributed by atoms with Gasteiger partial charge in [-0.2, -0.15) is 18.3 Å². The van der Waals surface area contributed by atoms with Crippen LogP contribution in [0.5, 0.6) is 0 Å². The van der Waals surface area contributed by atoms with Crippen molar-refractivity contribution in [2.24, 2.45) is 5.92 Å². The number of carbonyl (C=O) groups is 2. The number of amides is 2. The number of aromatic nitrogens is 2. The van der Waals surface area contributed by atoms with Crippen LogP contribution in [0.25, 0.3) is 0 Å². The first kappa shape index (κ1) is 21.3. The molecule has 31 heavy (non-hydrogen) atoms. The maximum atomic E-state index is 13.2. The molecule has 2 aliphatic heterocycles. The van der Waals surface area contributed by atoms with Gasteiger partial charge in [0, 0.05) is 42.9 Å². The summed E-state index contributed by atoms with van der Waals surface area (Å²) in [5, 5.41) is 6.37. The molecule has 7 nitrogen and oxygen atoms in total. The van der Waals surface area contributed by atoms with Gasteiger partial charge in [0.05, 0.1) is 25.7 Å².